The standard InChI is InChI=1S/C13H13N5O/c1-17-6-5-14-12(17)13(19)16-10-4-3-9-8-15-18(2)11(9)7-10/h3-8H,1-2H3,(H,16,19). The highest BCUT2D eigenvalue weighted by Crippen LogP contribution is 2.18. The van der Waals surface area contributed by atoms with E-state index in [0.717, 1.165) is 16.6 Å². The molecule has 1 amide bonds. The van der Waals surface area contributed by atoms with Crippen molar-refractivity contribution >= 4 is 22.5 Å². The van der Waals surface area contributed by atoms with E-state index in [1.807, 2.05) is 25.2 Å². The van der Waals surface area contributed by atoms with Crippen molar-refractivity contribution in [2.45, 2.75) is 0 Å². The highest BCUT2D eigenvalue weighted by atomic mass is 16.2. The van der Waals surface area contributed by atoms with Crippen LogP contribution in [0, 0.1) is 0 Å². The van der Waals surface area contributed by atoms with Crippen LogP contribution in [0.25, 0.3) is 10.9 Å². The summed E-state index contributed by atoms with van der Waals surface area (Å²) in [6.45, 7) is 0. The van der Waals surface area contributed by atoms with Crippen molar-refractivity contribution in [2.75, 3.05) is 5.32 Å². The van der Waals surface area contributed by atoms with Crippen LogP contribution in [0.2, 0.25) is 0 Å². The fraction of sp³-hybridized carbons (Fsp3) is 0.154. The Kier molecular flexibility index (Phi) is 2.56. The Morgan fingerprint density at radius 1 is 1.32 bits per heavy atom. The van der Waals surface area contributed by atoms with Crippen LogP contribution in [0.5, 0.6) is 0 Å². The van der Waals surface area contributed by atoms with Crippen molar-refractivity contribution in [3.8, 4) is 0 Å². The first-order valence-corrected chi connectivity index (χ1v) is 5.85. The third-order valence-electron chi connectivity index (χ3n) is 3.03. The Morgan fingerprint density at radius 3 is 2.89 bits per heavy atom. The number of rotatable bonds is 2. The molecule has 0 radical (unpaired) electrons. The summed E-state index contributed by atoms with van der Waals surface area (Å²) >= 11 is 0. The largest absolute Gasteiger partial charge is 0.330 e. The molecule has 0 atom stereocenters. The molecule has 6 nitrogen and oxygen atoms in total. The predicted octanol–water partition coefficient (Wildman–Crippen LogP) is 1.56. The molecule has 0 saturated carbocycles. The smallest absolute Gasteiger partial charge is 0.291 e. The van der Waals surface area contributed by atoms with Crippen LogP contribution in [-0.4, -0.2) is 25.2 Å². The van der Waals surface area contributed by atoms with Crippen molar-refractivity contribution in [3.63, 3.8) is 0 Å². The zero-order valence-electron chi connectivity index (χ0n) is 10.7. The molecule has 2 aromatic heterocycles. The quantitative estimate of drug-likeness (QED) is 0.755. The lowest BCUT2D eigenvalue weighted by Gasteiger charge is -2.05. The first kappa shape index (κ1) is 11.5. The number of amides is 1. The van der Waals surface area contributed by atoms with E-state index < -0.39 is 0 Å². The molecule has 96 valence electrons. The summed E-state index contributed by atoms with van der Waals surface area (Å²) in [6.07, 6.45) is 5.12. The predicted molar refractivity (Wildman–Crippen MR) is 71.9 cm³/mol. The van der Waals surface area contributed by atoms with E-state index in [4.69, 9.17) is 0 Å². The van der Waals surface area contributed by atoms with Gasteiger partial charge in [-0.1, -0.05) is 0 Å². The fourth-order valence-electron chi connectivity index (χ4n) is 1.99. The molecule has 1 aromatic carbocycles. The van der Waals surface area contributed by atoms with Gasteiger partial charge in [-0.15, -0.1) is 0 Å². The molecular formula is C13H13N5O. The topological polar surface area (TPSA) is 64.7 Å². The maximum atomic E-state index is 12.0. The van der Waals surface area contributed by atoms with Gasteiger partial charge in [-0.25, -0.2) is 4.98 Å². The number of nitrogens with zero attached hydrogens (tertiary/aromatic N) is 4. The summed E-state index contributed by atoms with van der Waals surface area (Å²) < 4.78 is 3.45. The van der Waals surface area contributed by atoms with Crippen LogP contribution in [0.1, 0.15) is 10.6 Å². The second kappa shape index (κ2) is 4.24. The van der Waals surface area contributed by atoms with E-state index in [-0.39, 0.29) is 5.91 Å². The maximum Gasteiger partial charge on any atom is 0.291 e. The molecule has 0 unspecified atom stereocenters. The minimum Gasteiger partial charge on any atom is -0.330 e. The first-order chi connectivity index (χ1) is 9.15. The number of carbonyl (C=O) groups excluding carboxylic acids is 1. The molecule has 19 heavy (non-hydrogen) atoms. The number of fused-ring (bicyclic) bond motifs is 1. The zero-order valence-corrected chi connectivity index (χ0v) is 10.7. The average molecular weight is 255 g/mol. The lowest BCUT2D eigenvalue weighted by Crippen LogP contribution is -2.16. The number of anilines is 1. The number of nitrogens with one attached hydrogen (secondary N) is 1. The molecule has 0 saturated heterocycles. The molecule has 0 aliphatic rings. The highest BCUT2D eigenvalue weighted by Gasteiger charge is 2.11. The molecule has 1 N–H and O–H groups in total. The van der Waals surface area contributed by atoms with Gasteiger partial charge in [0.05, 0.1) is 11.7 Å². The highest BCUT2D eigenvalue weighted by molar-refractivity contribution is 6.02. The van der Waals surface area contributed by atoms with Gasteiger partial charge in [-0.05, 0) is 18.2 Å². The Morgan fingerprint density at radius 2 is 2.16 bits per heavy atom. The van der Waals surface area contributed by atoms with Crippen molar-refractivity contribution < 1.29 is 4.79 Å². The van der Waals surface area contributed by atoms with Crippen LogP contribution in [0.4, 0.5) is 5.69 Å². The maximum absolute atomic E-state index is 12.0. The van der Waals surface area contributed by atoms with Crippen molar-refractivity contribution in [2.24, 2.45) is 14.1 Å². The molecule has 3 aromatic rings. The lowest BCUT2D eigenvalue weighted by atomic mass is 10.2. The molecule has 0 aliphatic heterocycles. The molecule has 0 spiro atoms. The van der Waals surface area contributed by atoms with Crippen LogP contribution < -0.4 is 5.32 Å². The van der Waals surface area contributed by atoms with Crippen LogP contribution in [0.15, 0.2) is 36.8 Å². The zero-order chi connectivity index (χ0) is 13.4. The molecular weight excluding hydrogens is 242 g/mol. The van der Waals surface area contributed by atoms with Gasteiger partial charge in [0.25, 0.3) is 5.91 Å². The van der Waals surface area contributed by atoms with E-state index in [1.165, 1.54) is 0 Å². The van der Waals surface area contributed by atoms with E-state index in [2.05, 4.69) is 15.4 Å². The van der Waals surface area contributed by atoms with Crippen molar-refractivity contribution in [3.05, 3.63) is 42.6 Å². The summed E-state index contributed by atoms with van der Waals surface area (Å²) in [5.41, 5.74) is 1.70. The van der Waals surface area contributed by atoms with Gasteiger partial charge in [-0.3, -0.25) is 9.48 Å². The van der Waals surface area contributed by atoms with E-state index >= 15 is 0 Å². The summed E-state index contributed by atoms with van der Waals surface area (Å²) in [5, 5.41) is 8.04. The number of imidazole rings is 1. The number of hydrogen-bond acceptors (Lipinski definition) is 3. The summed E-state index contributed by atoms with van der Waals surface area (Å²) in [7, 11) is 3.65. The van der Waals surface area contributed by atoms with E-state index in [9.17, 15) is 4.79 Å². The van der Waals surface area contributed by atoms with Crippen molar-refractivity contribution in [1.82, 2.24) is 19.3 Å². The van der Waals surface area contributed by atoms with Crippen LogP contribution in [0.3, 0.4) is 0 Å². The first-order valence-electron chi connectivity index (χ1n) is 5.85. The fourth-order valence-corrected chi connectivity index (χ4v) is 1.99. The third kappa shape index (κ3) is 1.97. The van der Waals surface area contributed by atoms with E-state index in [1.54, 1.807) is 34.9 Å². The van der Waals surface area contributed by atoms with Crippen LogP contribution in [-0.2, 0) is 14.1 Å². The lowest BCUT2D eigenvalue weighted by molar-refractivity contribution is 0.101. The number of hydrogen-bond donors (Lipinski definition) is 1. The summed E-state index contributed by atoms with van der Waals surface area (Å²) in [6, 6.07) is 5.67. The van der Waals surface area contributed by atoms with Gasteiger partial charge < -0.3 is 9.88 Å². The second-order valence-electron chi connectivity index (χ2n) is 4.36. The SMILES string of the molecule is Cn1ccnc1C(=O)Nc1ccc2cnn(C)c2c1. The van der Waals surface area contributed by atoms with Gasteiger partial charge in [0, 0.05) is 37.6 Å². The Bertz CT molecular complexity index is 755. The van der Waals surface area contributed by atoms with Crippen molar-refractivity contribution in [1.29, 1.82) is 0 Å². The number of aromatic nitrogens is 4. The average Bonchev–Trinajstić information content (AvgIpc) is 2.97. The second-order valence-corrected chi connectivity index (χ2v) is 4.36. The molecule has 0 aliphatic carbocycles. The van der Waals surface area contributed by atoms with Gasteiger partial charge >= 0.3 is 0 Å². The molecule has 6 heteroatoms. The van der Waals surface area contributed by atoms with Gasteiger partial charge in [0.2, 0.25) is 0 Å². The Hall–Kier alpha value is -2.63. The normalized spacial score (nSPS) is 10.8. The van der Waals surface area contributed by atoms with Crippen LogP contribution >= 0.6 is 0 Å². The van der Waals surface area contributed by atoms with Gasteiger partial charge in [0.15, 0.2) is 5.82 Å². The summed E-state index contributed by atoms with van der Waals surface area (Å²) in [4.78, 5) is 16.1. The minimum absolute atomic E-state index is 0.228. The molecule has 0 fully saturated rings. The Labute approximate surface area is 109 Å². The molecule has 0 bridgehead atoms. The number of carbonyl (C=O) groups is 1. The third-order valence-corrected chi connectivity index (χ3v) is 3.03. The molecule has 2 heterocycles. The Balaban J connectivity index is 1.91. The number of aryl methyl sites for hydroxylation is 2. The monoisotopic (exact) mass is 255 g/mol. The minimum atomic E-state index is -0.228. The molecule has 3 rings (SSSR count). The van der Waals surface area contributed by atoms with Gasteiger partial charge in [0.1, 0.15) is 0 Å². The number of benzene rings is 1. The summed E-state index contributed by atoms with van der Waals surface area (Å²) in [5.74, 6) is 0.152. The van der Waals surface area contributed by atoms with E-state index in [0.29, 0.717) is 5.82 Å². The van der Waals surface area contributed by atoms with Gasteiger partial charge in [-0.2, -0.15) is 5.10 Å².